The van der Waals surface area contributed by atoms with Crippen molar-refractivity contribution in [3.8, 4) is 0 Å². The van der Waals surface area contributed by atoms with Crippen molar-refractivity contribution in [3.05, 3.63) is 0 Å². The molecule has 0 aromatic rings. The molecule has 2 nitrogen and oxygen atoms in total. The van der Waals surface area contributed by atoms with E-state index in [-0.39, 0.29) is 11.6 Å². The molecule has 0 N–H and O–H groups in total. The summed E-state index contributed by atoms with van der Waals surface area (Å²) in [6.45, 7) is 5.95. The standard InChI is InChI=1S/C12H18O2/c1-8-4-5-12(6-8)9(13)7-11(2,3)10(12)14/h8H,4-7H2,1-3H3/t8-,12+/m1/s1. The van der Waals surface area contributed by atoms with E-state index in [0.29, 0.717) is 12.3 Å². The molecule has 1 spiro atoms. The Morgan fingerprint density at radius 3 is 2.29 bits per heavy atom. The highest BCUT2D eigenvalue weighted by Gasteiger charge is 2.59. The smallest absolute Gasteiger partial charge is 0.152 e. The zero-order valence-corrected chi connectivity index (χ0v) is 9.22. The lowest BCUT2D eigenvalue weighted by atomic mass is 9.78. The highest BCUT2D eigenvalue weighted by molar-refractivity contribution is 6.15. The Bertz CT molecular complexity index is 303. The van der Waals surface area contributed by atoms with Crippen LogP contribution < -0.4 is 0 Å². The summed E-state index contributed by atoms with van der Waals surface area (Å²) in [6, 6.07) is 0. The lowest BCUT2D eigenvalue weighted by Gasteiger charge is -2.22. The second-order valence-electron chi connectivity index (χ2n) is 5.74. The molecule has 0 aromatic carbocycles. The van der Waals surface area contributed by atoms with Crippen molar-refractivity contribution in [2.24, 2.45) is 16.7 Å². The van der Waals surface area contributed by atoms with Crippen molar-refractivity contribution in [1.29, 1.82) is 0 Å². The summed E-state index contributed by atoms with van der Waals surface area (Å²) in [4.78, 5) is 24.1. The summed E-state index contributed by atoms with van der Waals surface area (Å²) >= 11 is 0. The first kappa shape index (κ1) is 9.88. The predicted octanol–water partition coefficient (Wildman–Crippen LogP) is 2.36. The molecule has 2 aliphatic rings. The molecule has 0 saturated heterocycles. The fraction of sp³-hybridized carbons (Fsp3) is 0.833. The Balaban J connectivity index is 2.37. The van der Waals surface area contributed by atoms with Crippen LogP contribution in [0.5, 0.6) is 0 Å². The molecule has 2 fully saturated rings. The van der Waals surface area contributed by atoms with Crippen molar-refractivity contribution >= 4 is 11.6 Å². The zero-order valence-electron chi connectivity index (χ0n) is 9.22. The third-order valence-electron chi connectivity index (χ3n) is 3.95. The molecular formula is C12H18O2. The second kappa shape index (κ2) is 2.68. The molecule has 0 aromatic heterocycles. The van der Waals surface area contributed by atoms with Gasteiger partial charge in [0.1, 0.15) is 5.78 Å². The number of carbonyl (C=O) groups is 2. The number of ketones is 2. The highest BCUT2D eigenvalue weighted by Crippen LogP contribution is 2.53. The van der Waals surface area contributed by atoms with Crippen LogP contribution in [0.25, 0.3) is 0 Å². The van der Waals surface area contributed by atoms with Crippen LogP contribution in [-0.4, -0.2) is 11.6 Å². The largest absolute Gasteiger partial charge is 0.299 e. The maximum absolute atomic E-state index is 12.2. The van der Waals surface area contributed by atoms with Crippen molar-refractivity contribution in [2.45, 2.75) is 46.5 Å². The minimum absolute atomic E-state index is 0.205. The molecule has 0 amide bonds. The summed E-state index contributed by atoms with van der Waals surface area (Å²) in [5, 5.41) is 0. The van der Waals surface area contributed by atoms with Crippen LogP contribution >= 0.6 is 0 Å². The summed E-state index contributed by atoms with van der Waals surface area (Å²) in [5.74, 6) is 0.952. The van der Waals surface area contributed by atoms with Crippen LogP contribution in [-0.2, 0) is 9.59 Å². The van der Waals surface area contributed by atoms with Gasteiger partial charge in [-0.15, -0.1) is 0 Å². The number of rotatable bonds is 0. The zero-order chi connectivity index (χ0) is 10.6. The lowest BCUT2D eigenvalue weighted by Crippen LogP contribution is -2.33. The van der Waals surface area contributed by atoms with Crippen molar-refractivity contribution in [1.82, 2.24) is 0 Å². The fourth-order valence-corrected chi connectivity index (χ4v) is 3.18. The molecule has 0 bridgehead atoms. The van der Waals surface area contributed by atoms with Gasteiger partial charge in [0.15, 0.2) is 5.78 Å². The topological polar surface area (TPSA) is 34.1 Å². The van der Waals surface area contributed by atoms with Crippen LogP contribution in [0, 0.1) is 16.7 Å². The van der Waals surface area contributed by atoms with E-state index in [1.54, 1.807) is 0 Å². The van der Waals surface area contributed by atoms with Gasteiger partial charge in [0.05, 0.1) is 5.41 Å². The van der Waals surface area contributed by atoms with E-state index >= 15 is 0 Å². The van der Waals surface area contributed by atoms with Gasteiger partial charge in [0.2, 0.25) is 0 Å². The maximum Gasteiger partial charge on any atom is 0.152 e. The van der Waals surface area contributed by atoms with Gasteiger partial charge >= 0.3 is 0 Å². The minimum Gasteiger partial charge on any atom is -0.299 e. The lowest BCUT2D eigenvalue weighted by molar-refractivity contribution is -0.137. The average Bonchev–Trinajstić information content (AvgIpc) is 2.52. The van der Waals surface area contributed by atoms with E-state index in [1.807, 2.05) is 13.8 Å². The van der Waals surface area contributed by atoms with Gasteiger partial charge in [-0.2, -0.15) is 0 Å². The van der Waals surface area contributed by atoms with Crippen LogP contribution in [0.2, 0.25) is 0 Å². The first-order valence-electron chi connectivity index (χ1n) is 5.47. The molecule has 0 unspecified atom stereocenters. The predicted molar refractivity (Wildman–Crippen MR) is 53.9 cm³/mol. The van der Waals surface area contributed by atoms with Crippen LogP contribution in [0.4, 0.5) is 0 Å². The fourth-order valence-electron chi connectivity index (χ4n) is 3.18. The molecule has 2 saturated carbocycles. The Kier molecular flexibility index (Phi) is 1.89. The molecule has 0 aliphatic heterocycles. The number of hydrogen-bond acceptors (Lipinski definition) is 2. The molecule has 0 heterocycles. The van der Waals surface area contributed by atoms with Crippen LogP contribution in [0.15, 0.2) is 0 Å². The normalized spacial score (nSPS) is 41.2. The monoisotopic (exact) mass is 194 g/mol. The minimum atomic E-state index is -0.567. The first-order valence-corrected chi connectivity index (χ1v) is 5.47. The number of hydrogen-bond donors (Lipinski definition) is 0. The Hall–Kier alpha value is -0.660. The molecule has 14 heavy (non-hydrogen) atoms. The average molecular weight is 194 g/mol. The Morgan fingerprint density at radius 1 is 1.29 bits per heavy atom. The Morgan fingerprint density at radius 2 is 1.93 bits per heavy atom. The van der Waals surface area contributed by atoms with E-state index in [1.165, 1.54) is 0 Å². The molecule has 0 radical (unpaired) electrons. The van der Waals surface area contributed by atoms with E-state index in [0.717, 1.165) is 19.3 Å². The van der Waals surface area contributed by atoms with Gasteiger partial charge in [-0.25, -0.2) is 0 Å². The molecule has 78 valence electrons. The van der Waals surface area contributed by atoms with Crippen molar-refractivity contribution in [2.75, 3.05) is 0 Å². The SMILES string of the molecule is C[C@@H]1CC[C@]2(C1)C(=O)CC(C)(C)C2=O. The van der Waals surface area contributed by atoms with Gasteiger partial charge in [0.25, 0.3) is 0 Å². The third kappa shape index (κ3) is 1.09. The van der Waals surface area contributed by atoms with Crippen molar-refractivity contribution < 1.29 is 9.59 Å². The molecule has 2 aliphatic carbocycles. The Labute approximate surface area is 85.1 Å². The van der Waals surface area contributed by atoms with Gasteiger partial charge in [-0.1, -0.05) is 20.8 Å². The summed E-state index contributed by atoms with van der Waals surface area (Å²) in [6.07, 6.45) is 3.09. The molecule has 2 atom stereocenters. The molecular weight excluding hydrogens is 176 g/mol. The van der Waals surface area contributed by atoms with Crippen LogP contribution in [0.1, 0.15) is 46.5 Å². The van der Waals surface area contributed by atoms with Gasteiger partial charge < -0.3 is 0 Å². The number of carbonyl (C=O) groups excluding carboxylic acids is 2. The van der Waals surface area contributed by atoms with Gasteiger partial charge in [0, 0.05) is 11.8 Å². The summed E-state index contributed by atoms with van der Waals surface area (Å²) in [5.41, 5.74) is -0.968. The van der Waals surface area contributed by atoms with Gasteiger partial charge in [-0.05, 0) is 25.2 Å². The van der Waals surface area contributed by atoms with E-state index in [2.05, 4.69) is 6.92 Å². The third-order valence-corrected chi connectivity index (χ3v) is 3.95. The molecule has 2 rings (SSSR count). The van der Waals surface area contributed by atoms with E-state index < -0.39 is 10.8 Å². The maximum atomic E-state index is 12.2. The van der Waals surface area contributed by atoms with E-state index in [4.69, 9.17) is 0 Å². The van der Waals surface area contributed by atoms with Gasteiger partial charge in [-0.3, -0.25) is 9.59 Å². The summed E-state index contributed by atoms with van der Waals surface area (Å²) < 4.78 is 0. The summed E-state index contributed by atoms with van der Waals surface area (Å²) in [7, 11) is 0. The second-order valence-corrected chi connectivity index (χ2v) is 5.74. The van der Waals surface area contributed by atoms with Crippen molar-refractivity contribution in [3.63, 3.8) is 0 Å². The first-order chi connectivity index (χ1) is 6.38. The van der Waals surface area contributed by atoms with Crippen LogP contribution in [0.3, 0.4) is 0 Å². The highest BCUT2D eigenvalue weighted by atomic mass is 16.2. The quantitative estimate of drug-likeness (QED) is 0.555. The van der Waals surface area contributed by atoms with E-state index in [9.17, 15) is 9.59 Å². The molecule has 2 heteroatoms. The number of Topliss-reactive ketones (excluding diaryl/α,β-unsaturated/α-hetero) is 2.